The van der Waals surface area contributed by atoms with Gasteiger partial charge in [0.25, 0.3) is 0 Å². The van der Waals surface area contributed by atoms with Gasteiger partial charge in [0.1, 0.15) is 5.82 Å². The van der Waals surface area contributed by atoms with Crippen molar-refractivity contribution in [2.75, 3.05) is 5.75 Å². The fraction of sp³-hybridized carbons (Fsp3) is 0.263. The van der Waals surface area contributed by atoms with Crippen molar-refractivity contribution in [1.29, 1.82) is 0 Å². The zero-order valence-corrected chi connectivity index (χ0v) is 15.7. The highest BCUT2D eigenvalue weighted by atomic mass is 35.5. The van der Waals surface area contributed by atoms with Crippen LogP contribution in [0.4, 0.5) is 0 Å². The van der Waals surface area contributed by atoms with Crippen molar-refractivity contribution in [3.05, 3.63) is 64.9 Å². The minimum absolute atomic E-state index is 0.0135. The van der Waals surface area contributed by atoms with Gasteiger partial charge in [0.15, 0.2) is 0 Å². The fourth-order valence-electron chi connectivity index (χ4n) is 2.63. The van der Waals surface area contributed by atoms with Crippen LogP contribution in [0.25, 0.3) is 11.0 Å². The van der Waals surface area contributed by atoms with Gasteiger partial charge in [-0.25, -0.2) is 4.98 Å². The van der Waals surface area contributed by atoms with Crippen molar-refractivity contribution < 1.29 is 4.79 Å². The lowest BCUT2D eigenvalue weighted by atomic mass is 10.1. The molecule has 0 bridgehead atoms. The lowest BCUT2D eigenvalue weighted by molar-refractivity contribution is -0.119. The molecule has 130 valence electrons. The molecule has 0 spiro atoms. The third-order valence-electron chi connectivity index (χ3n) is 4.01. The Labute approximate surface area is 156 Å². The van der Waals surface area contributed by atoms with Crippen molar-refractivity contribution in [1.82, 2.24) is 15.3 Å². The highest BCUT2D eigenvalue weighted by Crippen LogP contribution is 2.28. The van der Waals surface area contributed by atoms with Crippen LogP contribution < -0.4 is 5.32 Å². The number of aromatic nitrogens is 2. The first-order valence-corrected chi connectivity index (χ1v) is 9.57. The van der Waals surface area contributed by atoms with Crippen LogP contribution >= 0.6 is 23.4 Å². The summed E-state index contributed by atoms with van der Waals surface area (Å²) in [5.41, 5.74) is 2.89. The second kappa shape index (κ2) is 7.93. The van der Waals surface area contributed by atoms with Crippen molar-refractivity contribution in [3.63, 3.8) is 0 Å². The number of nitrogens with one attached hydrogen (secondary N) is 2. The molecule has 2 unspecified atom stereocenters. The van der Waals surface area contributed by atoms with Crippen molar-refractivity contribution in [2.45, 2.75) is 25.1 Å². The average molecular weight is 374 g/mol. The SMILES string of the molecule is CC(NC(=O)CSC(C)c1nc2ccccc2[nH]1)c1ccccc1Cl. The molecule has 6 heteroatoms. The van der Waals surface area contributed by atoms with Gasteiger partial charge in [-0.3, -0.25) is 4.79 Å². The first-order valence-electron chi connectivity index (χ1n) is 8.14. The van der Waals surface area contributed by atoms with Crippen molar-refractivity contribution in [3.8, 4) is 0 Å². The Morgan fingerprint density at radius 3 is 2.68 bits per heavy atom. The van der Waals surface area contributed by atoms with E-state index in [0.717, 1.165) is 22.4 Å². The molecule has 25 heavy (non-hydrogen) atoms. The van der Waals surface area contributed by atoms with E-state index >= 15 is 0 Å². The number of benzene rings is 2. The number of halogens is 1. The van der Waals surface area contributed by atoms with E-state index in [4.69, 9.17) is 11.6 Å². The lowest BCUT2D eigenvalue weighted by Gasteiger charge is -2.16. The molecule has 2 aromatic carbocycles. The predicted molar refractivity (Wildman–Crippen MR) is 105 cm³/mol. The molecule has 0 saturated heterocycles. The number of aromatic amines is 1. The van der Waals surface area contributed by atoms with Gasteiger partial charge in [-0.05, 0) is 37.6 Å². The van der Waals surface area contributed by atoms with E-state index in [-0.39, 0.29) is 17.2 Å². The molecule has 0 aliphatic rings. The third-order valence-corrected chi connectivity index (χ3v) is 5.50. The summed E-state index contributed by atoms with van der Waals surface area (Å²) in [6, 6.07) is 15.4. The van der Waals surface area contributed by atoms with Crippen LogP contribution in [0.2, 0.25) is 5.02 Å². The van der Waals surface area contributed by atoms with Gasteiger partial charge in [-0.2, -0.15) is 0 Å². The number of hydrogen-bond donors (Lipinski definition) is 2. The number of carbonyl (C=O) groups is 1. The maximum atomic E-state index is 12.2. The molecule has 2 atom stereocenters. The number of para-hydroxylation sites is 2. The molecule has 0 aliphatic heterocycles. The topological polar surface area (TPSA) is 57.8 Å². The molecule has 3 aromatic rings. The van der Waals surface area contributed by atoms with Gasteiger partial charge in [0, 0.05) is 5.02 Å². The predicted octanol–water partition coefficient (Wildman–Crippen LogP) is 4.89. The maximum Gasteiger partial charge on any atom is 0.230 e. The minimum Gasteiger partial charge on any atom is -0.349 e. The molecule has 1 heterocycles. The summed E-state index contributed by atoms with van der Waals surface area (Å²) in [5.74, 6) is 1.24. The third kappa shape index (κ3) is 4.35. The molecule has 0 aliphatic carbocycles. The highest BCUT2D eigenvalue weighted by molar-refractivity contribution is 8.00. The molecule has 0 radical (unpaired) electrons. The van der Waals surface area contributed by atoms with E-state index in [0.29, 0.717) is 10.8 Å². The van der Waals surface area contributed by atoms with Gasteiger partial charge in [0.2, 0.25) is 5.91 Å². The van der Waals surface area contributed by atoms with E-state index in [2.05, 4.69) is 15.3 Å². The minimum atomic E-state index is -0.122. The van der Waals surface area contributed by atoms with Gasteiger partial charge in [-0.1, -0.05) is 41.9 Å². The van der Waals surface area contributed by atoms with Gasteiger partial charge in [0.05, 0.1) is 28.1 Å². The highest BCUT2D eigenvalue weighted by Gasteiger charge is 2.16. The monoisotopic (exact) mass is 373 g/mol. The van der Waals surface area contributed by atoms with Crippen LogP contribution in [0.15, 0.2) is 48.5 Å². The first-order chi connectivity index (χ1) is 12.0. The van der Waals surface area contributed by atoms with Crippen LogP contribution in [0.3, 0.4) is 0 Å². The van der Waals surface area contributed by atoms with E-state index in [1.165, 1.54) is 0 Å². The Hall–Kier alpha value is -1.98. The Bertz CT molecular complexity index is 847. The quantitative estimate of drug-likeness (QED) is 0.646. The van der Waals surface area contributed by atoms with Gasteiger partial charge < -0.3 is 10.3 Å². The summed E-state index contributed by atoms with van der Waals surface area (Å²) in [4.78, 5) is 20.1. The summed E-state index contributed by atoms with van der Waals surface area (Å²) in [5, 5.41) is 3.77. The summed E-state index contributed by atoms with van der Waals surface area (Å²) >= 11 is 7.74. The molecule has 0 fully saturated rings. The summed E-state index contributed by atoms with van der Waals surface area (Å²) in [7, 11) is 0. The van der Waals surface area contributed by atoms with E-state index in [9.17, 15) is 4.79 Å². The van der Waals surface area contributed by atoms with E-state index in [1.54, 1.807) is 11.8 Å². The zero-order valence-electron chi connectivity index (χ0n) is 14.1. The number of carbonyl (C=O) groups excluding carboxylic acids is 1. The number of rotatable bonds is 6. The van der Waals surface area contributed by atoms with Crippen LogP contribution in [0, 0.1) is 0 Å². The summed E-state index contributed by atoms with van der Waals surface area (Å²) in [6.07, 6.45) is 0. The van der Waals surface area contributed by atoms with Gasteiger partial charge >= 0.3 is 0 Å². The fourth-order valence-corrected chi connectivity index (χ4v) is 3.69. The molecule has 1 aromatic heterocycles. The molecule has 0 saturated carbocycles. The number of amides is 1. The lowest BCUT2D eigenvalue weighted by Crippen LogP contribution is -2.28. The Morgan fingerprint density at radius 1 is 1.20 bits per heavy atom. The van der Waals surface area contributed by atoms with Gasteiger partial charge in [-0.15, -0.1) is 11.8 Å². The normalized spacial score (nSPS) is 13.6. The molecular formula is C19H20ClN3OS. The number of thioether (sulfide) groups is 1. The van der Waals surface area contributed by atoms with Crippen molar-refractivity contribution in [2.24, 2.45) is 0 Å². The van der Waals surface area contributed by atoms with Crippen LogP contribution in [0.1, 0.15) is 36.5 Å². The molecule has 4 nitrogen and oxygen atoms in total. The molecular weight excluding hydrogens is 354 g/mol. The number of imidazole rings is 1. The molecule has 2 N–H and O–H groups in total. The number of nitrogens with zero attached hydrogens (tertiary/aromatic N) is 1. The largest absolute Gasteiger partial charge is 0.349 e. The Balaban J connectivity index is 1.55. The standard InChI is InChI=1S/C19H20ClN3OS/c1-12(14-7-3-4-8-15(14)20)21-18(24)11-25-13(2)19-22-16-9-5-6-10-17(16)23-19/h3-10,12-13H,11H2,1-2H3,(H,21,24)(H,22,23). The van der Waals surface area contributed by atoms with Crippen LogP contribution in [-0.2, 0) is 4.79 Å². The maximum absolute atomic E-state index is 12.2. The molecule has 3 rings (SSSR count). The van der Waals surface area contributed by atoms with Crippen LogP contribution in [-0.4, -0.2) is 21.6 Å². The van der Waals surface area contributed by atoms with E-state index < -0.39 is 0 Å². The first kappa shape index (κ1) is 17.8. The number of H-pyrrole nitrogens is 1. The Morgan fingerprint density at radius 2 is 1.92 bits per heavy atom. The second-order valence-corrected chi connectivity index (χ2v) is 7.64. The number of hydrogen-bond acceptors (Lipinski definition) is 3. The van der Waals surface area contributed by atoms with Crippen LogP contribution in [0.5, 0.6) is 0 Å². The van der Waals surface area contributed by atoms with Crippen molar-refractivity contribution >= 4 is 40.3 Å². The molecule has 1 amide bonds. The zero-order chi connectivity index (χ0) is 17.8. The van der Waals surface area contributed by atoms with E-state index in [1.807, 2.05) is 62.4 Å². The summed E-state index contributed by atoms with van der Waals surface area (Å²) in [6.45, 7) is 3.99. The average Bonchev–Trinajstić information content (AvgIpc) is 3.04. The summed E-state index contributed by atoms with van der Waals surface area (Å²) < 4.78 is 0. The number of fused-ring (bicyclic) bond motifs is 1. The Kier molecular flexibility index (Phi) is 5.66. The second-order valence-electron chi connectivity index (χ2n) is 5.90. The smallest absolute Gasteiger partial charge is 0.230 e.